The van der Waals surface area contributed by atoms with Gasteiger partial charge in [0.25, 0.3) is 0 Å². The summed E-state index contributed by atoms with van der Waals surface area (Å²) in [6.07, 6.45) is 0.764. The molecule has 60 valence electrons. The molecule has 1 nitrogen and oxygen atoms in total. The van der Waals surface area contributed by atoms with E-state index in [1.807, 2.05) is 37.3 Å². The molecule has 0 bridgehead atoms. The molecule has 0 heterocycles. The minimum Gasteiger partial charge on any atom is -0.237 e. The molecule has 1 rings (SSSR count). The van der Waals surface area contributed by atoms with Crippen molar-refractivity contribution in [2.24, 2.45) is 0 Å². The summed E-state index contributed by atoms with van der Waals surface area (Å²) in [4.78, 5) is 0. The molecular formula is C10H14O. The third kappa shape index (κ3) is 7.07. The summed E-state index contributed by atoms with van der Waals surface area (Å²) in [5.41, 5.74) is 1.07. The summed E-state index contributed by atoms with van der Waals surface area (Å²) < 4.78 is 0. The van der Waals surface area contributed by atoms with Gasteiger partial charge in [-0.05, 0) is 18.9 Å². The lowest BCUT2D eigenvalue weighted by Gasteiger charge is -1.82. The van der Waals surface area contributed by atoms with E-state index in [1.54, 1.807) is 0 Å². The molecule has 0 amide bonds. The summed E-state index contributed by atoms with van der Waals surface area (Å²) >= 11 is 0. The molecule has 2 radical (unpaired) electrons. The molecule has 0 N–H and O–H groups in total. The highest BCUT2D eigenvalue weighted by molar-refractivity contribution is 5.16. The predicted molar refractivity (Wildman–Crippen MR) is 46.7 cm³/mol. The van der Waals surface area contributed by atoms with Crippen LogP contribution in [-0.4, -0.2) is 6.61 Å². The summed E-state index contributed by atoms with van der Waals surface area (Å²) in [7, 11) is 0. The zero-order chi connectivity index (χ0) is 8.53. The zero-order valence-electron chi connectivity index (χ0n) is 6.92. The Kier molecular flexibility index (Phi) is 6.75. The van der Waals surface area contributed by atoms with Gasteiger partial charge < -0.3 is 0 Å². The van der Waals surface area contributed by atoms with Crippen molar-refractivity contribution in [2.45, 2.75) is 13.3 Å². The summed E-state index contributed by atoms with van der Waals surface area (Å²) in [5.74, 6) is 0. The van der Waals surface area contributed by atoms with Gasteiger partial charge in [0.05, 0.1) is 6.61 Å². The first kappa shape index (κ1) is 10.2. The summed E-state index contributed by atoms with van der Waals surface area (Å²) in [6, 6.07) is 9.87. The average molecular weight is 150 g/mol. The van der Waals surface area contributed by atoms with Gasteiger partial charge in [0.1, 0.15) is 0 Å². The van der Waals surface area contributed by atoms with Gasteiger partial charge in [0.15, 0.2) is 0 Å². The van der Waals surface area contributed by atoms with Gasteiger partial charge in [0, 0.05) is 0 Å². The van der Waals surface area contributed by atoms with Crippen LogP contribution in [0.4, 0.5) is 0 Å². The highest BCUT2D eigenvalue weighted by atomic mass is 16.2. The molecule has 0 saturated heterocycles. The number of benzene rings is 1. The SMILES string of the molecule is CCC[O].[CH2]c1ccccc1. The maximum absolute atomic E-state index is 9.30. The van der Waals surface area contributed by atoms with Crippen LogP contribution in [0.3, 0.4) is 0 Å². The van der Waals surface area contributed by atoms with Gasteiger partial charge in [-0.25, -0.2) is 5.11 Å². The molecule has 0 saturated carbocycles. The molecule has 0 unspecified atom stereocenters. The fraction of sp³-hybridized carbons (Fsp3) is 0.300. The van der Waals surface area contributed by atoms with E-state index in [1.165, 1.54) is 0 Å². The van der Waals surface area contributed by atoms with E-state index >= 15 is 0 Å². The lowest BCUT2D eigenvalue weighted by atomic mass is 10.2. The number of rotatable bonds is 1. The van der Waals surface area contributed by atoms with Crippen LogP contribution in [0.2, 0.25) is 0 Å². The van der Waals surface area contributed by atoms with Crippen molar-refractivity contribution < 1.29 is 5.11 Å². The Hall–Kier alpha value is -0.820. The smallest absolute Gasteiger partial charge is 0.0819 e. The molecule has 0 aliphatic heterocycles. The third-order valence-electron chi connectivity index (χ3n) is 1.05. The lowest BCUT2D eigenvalue weighted by Crippen LogP contribution is -1.66. The molecule has 0 aromatic heterocycles. The van der Waals surface area contributed by atoms with Gasteiger partial charge in [-0.15, -0.1) is 0 Å². The van der Waals surface area contributed by atoms with E-state index in [0.717, 1.165) is 12.0 Å². The first-order chi connectivity index (χ1) is 5.31. The van der Waals surface area contributed by atoms with Gasteiger partial charge >= 0.3 is 0 Å². The van der Waals surface area contributed by atoms with Crippen LogP contribution in [0, 0.1) is 6.92 Å². The van der Waals surface area contributed by atoms with Crippen LogP contribution in [0.15, 0.2) is 30.3 Å². The molecule has 0 aliphatic carbocycles. The molecular weight excluding hydrogens is 136 g/mol. The maximum Gasteiger partial charge on any atom is 0.0819 e. The first-order valence-corrected chi connectivity index (χ1v) is 3.76. The second kappa shape index (κ2) is 7.29. The van der Waals surface area contributed by atoms with E-state index < -0.39 is 0 Å². The zero-order valence-corrected chi connectivity index (χ0v) is 6.92. The van der Waals surface area contributed by atoms with Crippen LogP contribution in [0.1, 0.15) is 18.9 Å². The molecule has 0 aliphatic rings. The number of hydrogen-bond acceptors (Lipinski definition) is 0. The second-order valence-electron chi connectivity index (χ2n) is 2.19. The average Bonchev–Trinajstić information content (AvgIpc) is 2.07. The Bertz CT molecular complexity index is 156. The molecule has 0 atom stereocenters. The largest absolute Gasteiger partial charge is 0.237 e. The van der Waals surface area contributed by atoms with Crippen molar-refractivity contribution in [3.63, 3.8) is 0 Å². The van der Waals surface area contributed by atoms with Crippen LogP contribution in [0.5, 0.6) is 0 Å². The molecule has 1 heteroatoms. The highest BCUT2D eigenvalue weighted by Crippen LogP contribution is 1.92. The lowest BCUT2D eigenvalue weighted by molar-refractivity contribution is 0.193. The molecule has 1 aromatic carbocycles. The van der Waals surface area contributed by atoms with Crippen molar-refractivity contribution >= 4 is 0 Å². The predicted octanol–water partition coefficient (Wildman–Crippen LogP) is 2.70. The maximum atomic E-state index is 9.30. The summed E-state index contributed by atoms with van der Waals surface area (Å²) in [5, 5.41) is 9.30. The van der Waals surface area contributed by atoms with Crippen molar-refractivity contribution in [1.82, 2.24) is 0 Å². The van der Waals surface area contributed by atoms with Gasteiger partial charge in [0.2, 0.25) is 0 Å². The normalized spacial score (nSPS) is 8.27. The van der Waals surface area contributed by atoms with Crippen molar-refractivity contribution in [3.8, 4) is 0 Å². The van der Waals surface area contributed by atoms with E-state index in [4.69, 9.17) is 0 Å². The second-order valence-corrected chi connectivity index (χ2v) is 2.19. The van der Waals surface area contributed by atoms with Crippen LogP contribution >= 0.6 is 0 Å². The molecule has 0 fully saturated rings. The van der Waals surface area contributed by atoms with Crippen molar-refractivity contribution in [1.29, 1.82) is 0 Å². The Morgan fingerprint density at radius 2 is 1.73 bits per heavy atom. The van der Waals surface area contributed by atoms with Crippen LogP contribution in [-0.2, 0) is 5.11 Å². The third-order valence-corrected chi connectivity index (χ3v) is 1.05. The Morgan fingerprint density at radius 3 is 1.91 bits per heavy atom. The Morgan fingerprint density at radius 1 is 1.27 bits per heavy atom. The van der Waals surface area contributed by atoms with Crippen molar-refractivity contribution in [3.05, 3.63) is 42.8 Å². The fourth-order valence-corrected chi connectivity index (χ4v) is 0.478. The fourth-order valence-electron chi connectivity index (χ4n) is 0.478. The number of hydrogen-bond donors (Lipinski definition) is 0. The topological polar surface area (TPSA) is 19.9 Å². The Balaban J connectivity index is 0.000000218. The minimum atomic E-state index is 0.0694. The molecule has 1 aromatic rings. The highest BCUT2D eigenvalue weighted by Gasteiger charge is 1.72. The Labute approximate surface area is 68.7 Å². The minimum absolute atomic E-state index is 0.0694. The quantitative estimate of drug-likeness (QED) is 0.586. The van der Waals surface area contributed by atoms with E-state index in [-0.39, 0.29) is 6.61 Å². The summed E-state index contributed by atoms with van der Waals surface area (Å²) in [6.45, 7) is 5.66. The monoisotopic (exact) mass is 150 g/mol. The van der Waals surface area contributed by atoms with Gasteiger partial charge in [-0.3, -0.25) is 0 Å². The van der Waals surface area contributed by atoms with Crippen LogP contribution < -0.4 is 0 Å². The van der Waals surface area contributed by atoms with Gasteiger partial charge in [-0.2, -0.15) is 0 Å². The van der Waals surface area contributed by atoms with Gasteiger partial charge in [-0.1, -0.05) is 37.3 Å². The van der Waals surface area contributed by atoms with E-state index in [2.05, 4.69) is 6.92 Å². The van der Waals surface area contributed by atoms with E-state index in [9.17, 15) is 5.11 Å². The first-order valence-electron chi connectivity index (χ1n) is 3.76. The molecule has 0 spiro atoms. The van der Waals surface area contributed by atoms with Crippen molar-refractivity contribution in [2.75, 3.05) is 6.61 Å². The molecule has 11 heavy (non-hydrogen) atoms. The standard InChI is InChI=1S/C7H7.C3H7O/c1-7-5-3-2-4-6-7;1-2-3-4/h2-6H,1H2;2-3H2,1H3. The van der Waals surface area contributed by atoms with E-state index in [0.29, 0.717) is 0 Å². The van der Waals surface area contributed by atoms with Crippen LogP contribution in [0.25, 0.3) is 0 Å².